The number of aryl methyl sites for hydroxylation is 1. The maximum atomic E-state index is 13.5. The Balaban J connectivity index is 1.80. The molecular weight excluding hydrogens is 446 g/mol. The number of nitrogens with zero attached hydrogens (tertiary/aromatic N) is 2. The molecule has 1 unspecified atom stereocenters. The van der Waals surface area contributed by atoms with E-state index in [0.717, 1.165) is 17.4 Å². The van der Waals surface area contributed by atoms with Crippen molar-refractivity contribution in [2.24, 2.45) is 5.10 Å². The van der Waals surface area contributed by atoms with Crippen LogP contribution in [0.4, 0.5) is 5.69 Å². The summed E-state index contributed by atoms with van der Waals surface area (Å²) in [4.78, 5) is 0.163. The monoisotopic (exact) mass is 469 g/mol. The van der Waals surface area contributed by atoms with E-state index in [1.165, 1.54) is 4.41 Å². The highest BCUT2D eigenvalue weighted by atomic mass is 32.2. The molecule has 166 valence electrons. The Kier molecular flexibility index (Phi) is 5.79. The highest BCUT2D eigenvalue weighted by Crippen LogP contribution is 2.38. The minimum atomic E-state index is -3.90. The van der Waals surface area contributed by atoms with Gasteiger partial charge in [-0.15, -0.1) is 0 Å². The zero-order valence-electron chi connectivity index (χ0n) is 17.6. The fraction of sp³-hybridized carbons (Fsp3) is 0.174. The summed E-state index contributed by atoms with van der Waals surface area (Å²) in [5.74, 6) is 0. The van der Waals surface area contributed by atoms with Gasteiger partial charge in [0.1, 0.15) is 0 Å². The van der Waals surface area contributed by atoms with Crippen molar-refractivity contribution in [1.82, 2.24) is 4.41 Å². The van der Waals surface area contributed by atoms with Crippen LogP contribution in [-0.2, 0) is 20.0 Å². The number of rotatable bonds is 6. The summed E-state index contributed by atoms with van der Waals surface area (Å²) in [5, 5.41) is 4.53. The second-order valence-corrected chi connectivity index (χ2v) is 11.2. The second kappa shape index (κ2) is 8.40. The molecule has 0 saturated heterocycles. The summed E-state index contributed by atoms with van der Waals surface area (Å²) in [7, 11) is -7.34. The molecule has 1 atom stereocenters. The standard InChI is InChI=1S/C23H23N3O4S2/c1-17-9-6-7-14-21(17)23-16-22(18-10-8-11-19(15-18)25-31(2,27)28)24-26(23)32(29,30)20-12-4-3-5-13-20/h3-15,23,25H,16H2,1-2H3. The lowest BCUT2D eigenvalue weighted by atomic mass is 9.96. The van der Waals surface area contributed by atoms with E-state index in [1.54, 1.807) is 54.6 Å². The summed E-state index contributed by atoms with van der Waals surface area (Å²) in [6.45, 7) is 1.94. The van der Waals surface area contributed by atoms with Crippen LogP contribution in [0.2, 0.25) is 0 Å². The topological polar surface area (TPSA) is 95.9 Å². The smallest absolute Gasteiger partial charge is 0.279 e. The molecule has 0 aromatic heterocycles. The molecule has 1 aliphatic rings. The lowest BCUT2D eigenvalue weighted by Crippen LogP contribution is -2.27. The van der Waals surface area contributed by atoms with Gasteiger partial charge in [0.25, 0.3) is 10.0 Å². The Morgan fingerprint density at radius 3 is 2.28 bits per heavy atom. The number of nitrogens with one attached hydrogen (secondary N) is 1. The van der Waals surface area contributed by atoms with Crippen LogP contribution in [0.3, 0.4) is 0 Å². The lowest BCUT2D eigenvalue weighted by molar-refractivity contribution is 0.370. The molecule has 1 heterocycles. The first-order valence-corrected chi connectivity index (χ1v) is 13.3. The molecule has 0 aliphatic carbocycles. The highest BCUT2D eigenvalue weighted by molar-refractivity contribution is 7.92. The van der Waals surface area contributed by atoms with Crippen LogP contribution >= 0.6 is 0 Å². The molecule has 0 radical (unpaired) electrons. The average Bonchev–Trinajstić information content (AvgIpc) is 3.20. The van der Waals surface area contributed by atoms with Crippen LogP contribution < -0.4 is 4.72 Å². The molecule has 7 nitrogen and oxygen atoms in total. The summed E-state index contributed by atoms with van der Waals surface area (Å²) in [6.07, 6.45) is 1.44. The molecule has 1 N–H and O–H groups in total. The Morgan fingerprint density at radius 2 is 1.59 bits per heavy atom. The van der Waals surface area contributed by atoms with E-state index < -0.39 is 26.1 Å². The van der Waals surface area contributed by atoms with Crippen molar-refractivity contribution in [2.75, 3.05) is 11.0 Å². The second-order valence-electron chi connectivity index (χ2n) is 7.67. The molecule has 4 rings (SSSR count). The van der Waals surface area contributed by atoms with Crippen LogP contribution in [0.1, 0.15) is 29.2 Å². The highest BCUT2D eigenvalue weighted by Gasteiger charge is 2.38. The number of hydrogen-bond donors (Lipinski definition) is 1. The van der Waals surface area contributed by atoms with Crippen molar-refractivity contribution in [1.29, 1.82) is 0 Å². The van der Waals surface area contributed by atoms with Gasteiger partial charge in [-0.05, 0) is 47.9 Å². The quantitative estimate of drug-likeness (QED) is 0.592. The third-order valence-corrected chi connectivity index (χ3v) is 7.51. The molecule has 3 aromatic rings. The summed E-state index contributed by atoms with van der Waals surface area (Å²) >= 11 is 0. The Bertz CT molecular complexity index is 1390. The van der Waals surface area contributed by atoms with Gasteiger partial charge in [0.2, 0.25) is 10.0 Å². The van der Waals surface area contributed by atoms with Gasteiger partial charge in [-0.3, -0.25) is 4.72 Å². The molecule has 9 heteroatoms. The number of anilines is 1. The Morgan fingerprint density at radius 1 is 0.906 bits per heavy atom. The summed E-state index contributed by atoms with van der Waals surface area (Å²) < 4.78 is 53.8. The largest absolute Gasteiger partial charge is 0.284 e. The predicted octanol–water partition coefficient (Wildman–Crippen LogP) is 3.91. The van der Waals surface area contributed by atoms with E-state index in [1.807, 2.05) is 31.2 Å². The number of hydrazone groups is 1. The van der Waals surface area contributed by atoms with Gasteiger partial charge in [-0.2, -0.15) is 17.9 Å². The van der Waals surface area contributed by atoms with Crippen molar-refractivity contribution >= 4 is 31.4 Å². The maximum absolute atomic E-state index is 13.5. The van der Waals surface area contributed by atoms with Crippen molar-refractivity contribution in [3.8, 4) is 0 Å². The van der Waals surface area contributed by atoms with E-state index in [2.05, 4.69) is 9.82 Å². The molecule has 3 aromatic carbocycles. The van der Waals surface area contributed by atoms with Gasteiger partial charge in [-0.25, -0.2) is 8.42 Å². The lowest BCUT2D eigenvalue weighted by Gasteiger charge is -2.24. The third kappa shape index (κ3) is 4.53. The first-order chi connectivity index (χ1) is 15.1. The van der Waals surface area contributed by atoms with Crippen LogP contribution in [0.15, 0.2) is 88.9 Å². The Hall–Kier alpha value is -3.17. The molecular formula is C23H23N3O4S2. The zero-order valence-corrected chi connectivity index (χ0v) is 19.3. The van der Waals surface area contributed by atoms with Gasteiger partial charge in [0, 0.05) is 12.1 Å². The molecule has 0 spiro atoms. The van der Waals surface area contributed by atoms with Crippen molar-refractivity contribution < 1.29 is 16.8 Å². The number of benzene rings is 3. The van der Waals surface area contributed by atoms with E-state index in [-0.39, 0.29) is 4.90 Å². The molecule has 1 aliphatic heterocycles. The van der Waals surface area contributed by atoms with E-state index in [9.17, 15) is 16.8 Å². The van der Waals surface area contributed by atoms with E-state index >= 15 is 0 Å². The number of hydrogen-bond acceptors (Lipinski definition) is 5. The third-order valence-electron chi connectivity index (χ3n) is 5.21. The first-order valence-electron chi connectivity index (χ1n) is 9.96. The summed E-state index contributed by atoms with van der Waals surface area (Å²) in [5.41, 5.74) is 3.45. The fourth-order valence-electron chi connectivity index (χ4n) is 3.75. The van der Waals surface area contributed by atoms with E-state index in [4.69, 9.17) is 0 Å². The van der Waals surface area contributed by atoms with E-state index in [0.29, 0.717) is 23.4 Å². The van der Waals surface area contributed by atoms with Gasteiger partial charge in [-0.1, -0.05) is 54.6 Å². The van der Waals surface area contributed by atoms with Crippen molar-refractivity contribution in [2.45, 2.75) is 24.3 Å². The average molecular weight is 470 g/mol. The molecule has 0 amide bonds. The maximum Gasteiger partial charge on any atom is 0.279 e. The SMILES string of the molecule is Cc1ccccc1C1CC(c2cccc(NS(C)(=O)=O)c2)=NN1S(=O)(=O)c1ccccc1. The van der Waals surface area contributed by atoms with Crippen LogP contribution in [-0.4, -0.2) is 33.2 Å². The zero-order chi connectivity index (χ0) is 22.9. The van der Waals surface area contributed by atoms with Gasteiger partial charge >= 0.3 is 0 Å². The number of sulfonamides is 2. The minimum absolute atomic E-state index is 0.163. The first kappa shape index (κ1) is 22.0. The van der Waals surface area contributed by atoms with Crippen LogP contribution in [0.5, 0.6) is 0 Å². The molecule has 0 fully saturated rings. The summed E-state index contributed by atoms with van der Waals surface area (Å²) in [6, 6.07) is 22.1. The molecule has 0 saturated carbocycles. The van der Waals surface area contributed by atoms with Gasteiger partial charge < -0.3 is 0 Å². The van der Waals surface area contributed by atoms with Crippen molar-refractivity contribution in [3.63, 3.8) is 0 Å². The molecule has 0 bridgehead atoms. The normalized spacial score (nSPS) is 16.6. The van der Waals surface area contributed by atoms with Gasteiger partial charge in [0.15, 0.2) is 0 Å². The van der Waals surface area contributed by atoms with Crippen LogP contribution in [0.25, 0.3) is 0 Å². The minimum Gasteiger partial charge on any atom is -0.284 e. The molecule has 32 heavy (non-hydrogen) atoms. The van der Waals surface area contributed by atoms with Gasteiger partial charge in [0.05, 0.1) is 22.9 Å². The predicted molar refractivity (Wildman–Crippen MR) is 125 cm³/mol. The Labute approximate surface area is 188 Å². The fourth-order valence-corrected chi connectivity index (χ4v) is 5.76. The van der Waals surface area contributed by atoms with Crippen LogP contribution in [0, 0.1) is 6.92 Å². The van der Waals surface area contributed by atoms with Crippen molar-refractivity contribution in [3.05, 3.63) is 95.6 Å².